The van der Waals surface area contributed by atoms with Gasteiger partial charge in [-0.25, -0.2) is 4.84 Å². The molecule has 1 rings (SSSR count). The van der Waals surface area contributed by atoms with E-state index >= 15 is 0 Å². The summed E-state index contributed by atoms with van der Waals surface area (Å²) in [6, 6.07) is 3.34. The lowest BCUT2D eigenvalue weighted by Crippen LogP contribution is -2.41. The normalized spacial score (nSPS) is 12.2. The molecule has 4 nitrogen and oxygen atoms in total. The molecule has 0 spiro atoms. The molecule has 0 fully saturated rings. The lowest BCUT2D eigenvalue weighted by Gasteiger charge is -2.18. The summed E-state index contributed by atoms with van der Waals surface area (Å²) in [5.74, 6) is -0.0474. The van der Waals surface area contributed by atoms with Gasteiger partial charge in [0.1, 0.15) is 6.04 Å². The molecule has 0 aliphatic carbocycles. The molecule has 15 heavy (non-hydrogen) atoms. The summed E-state index contributed by atoms with van der Waals surface area (Å²) in [6.45, 7) is 0. The number of halogens is 1. The maximum absolute atomic E-state index is 11.6. The Hall–Kier alpha value is -1.13. The highest BCUT2D eigenvalue weighted by molar-refractivity contribution is 6.15. The summed E-state index contributed by atoms with van der Waals surface area (Å²) in [4.78, 5) is 19.6. The number of nitrogens with one attached hydrogen (secondary N) is 1. The van der Waals surface area contributed by atoms with E-state index in [9.17, 15) is 4.79 Å². The topological polar surface area (TPSA) is 45.2 Å². The lowest BCUT2D eigenvalue weighted by molar-refractivity contribution is -0.130. The minimum atomic E-state index is -0.411. The van der Waals surface area contributed by atoms with Crippen molar-refractivity contribution in [2.75, 3.05) is 14.1 Å². The lowest BCUT2D eigenvalue weighted by atomic mass is 10.1. The average Bonchev–Trinajstić information content (AvgIpc) is 2.26. The fourth-order valence-electron chi connectivity index (χ4n) is 1.24. The van der Waals surface area contributed by atoms with Crippen LogP contribution in [0.1, 0.15) is 5.56 Å². The van der Waals surface area contributed by atoms with Crippen LogP contribution >= 0.6 is 11.8 Å². The van der Waals surface area contributed by atoms with Crippen LogP contribution in [-0.2, 0) is 11.2 Å². The average molecular weight is 228 g/mol. The van der Waals surface area contributed by atoms with Gasteiger partial charge in [-0.15, -0.1) is 0 Å². The first kappa shape index (κ1) is 11.9. The number of hydrogen-bond acceptors (Lipinski definition) is 3. The van der Waals surface area contributed by atoms with Crippen LogP contribution in [0, 0.1) is 0 Å². The minimum absolute atomic E-state index is 0.0474. The zero-order chi connectivity index (χ0) is 11.3. The van der Waals surface area contributed by atoms with E-state index in [0.717, 1.165) is 5.56 Å². The van der Waals surface area contributed by atoms with Crippen LogP contribution in [-0.4, -0.2) is 35.9 Å². The maximum atomic E-state index is 11.6. The van der Waals surface area contributed by atoms with Crippen LogP contribution in [0.4, 0.5) is 0 Å². The van der Waals surface area contributed by atoms with Crippen LogP contribution in [0.5, 0.6) is 0 Å². The summed E-state index contributed by atoms with van der Waals surface area (Å²) in [6.07, 6.45) is 3.96. The first-order chi connectivity index (χ1) is 7.15. The highest BCUT2D eigenvalue weighted by Gasteiger charge is 2.19. The van der Waals surface area contributed by atoms with E-state index in [4.69, 9.17) is 11.8 Å². The summed E-state index contributed by atoms with van der Waals surface area (Å²) in [5, 5.41) is 0. The van der Waals surface area contributed by atoms with Crippen LogP contribution < -0.4 is 4.84 Å². The van der Waals surface area contributed by atoms with Crippen LogP contribution in [0.15, 0.2) is 24.5 Å². The predicted molar refractivity (Wildman–Crippen MR) is 59.4 cm³/mol. The van der Waals surface area contributed by atoms with E-state index in [1.54, 1.807) is 26.5 Å². The zero-order valence-electron chi connectivity index (χ0n) is 8.77. The second-order valence-electron chi connectivity index (χ2n) is 3.46. The number of carbonyl (C=O) groups excluding carboxylic acids is 1. The van der Waals surface area contributed by atoms with Crippen molar-refractivity contribution in [1.82, 2.24) is 14.7 Å². The molecule has 0 aliphatic rings. The van der Waals surface area contributed by atoms with Gasteiger partial charge in [0.05, 0.1) is 0 Å². The molecular formula is C10H14ClN3O. The summed E-state index contributed by atoms with van der Waals surface area (Å²) >= 11 is 5.54. The van der Waals surface area contributed by atoms with Gasteiger partial charge in [0, 0.05) is 26.5 Å². The van der Waals surface area contributed by atoms with Gasteiger partial charge in [0.15, 0.2) is 0 Å². The number of carbonyl (C=O) groups is 1. The third kappa shape index (κ3) is 3.49. The molecule has 0 aliphatic heterocycles. The standard InChI is InChI=1S/C10H14ClN3O/c1-14(2)10(15)9(13-11)6-8-4-3-5-12-7-8/h3-5,7,9,13H,6H2,1-2H3/t9-/m0/s1. The van der Waals surface area contributed by atoms with E-state index < -0.39 is 6.04 Å². The Bertz CT molecular complexity index is 316. The second-order valence-corrected chi connectivity index (χ2v) is 3.68. The molecule has 0 aromatic carbocycles. The van der Waals surface area contributed by atoms with Crippen molar-refractivity contribution in [3.05, 3.63) is 30.1 Å². The van der Waals surface area contributed by atoms with Gasteiger partial charge in [-0.1, -0.05) is 6.07 Å². The summed E-state index contributed by atoms with van der Waals surface area (Å²) in [7, 11) is 3.40. The van der Waals surface area contributed by atoms with Gasteiger partial charge in [0.25, 0.3) is 0 Å². The molecule has 1 aromatic rings. The molecule has 0 radical (unpaired) electrons. The van der Waals surface area contributed by atoms with Crippen LogP contribution in [0.25, 0.3) is 0 Å². The fraction of sp³-hybridized carbons (Fsp3) is 0.400. The number of amides is 1. The molecule has 0 saturated heterocycles. The van der Waals surface area contributed by atoms with Crippen molar-refractivity contribution in [3.63, 3.8) is 0 Å². The Kier molecular flexibility index (Phi) is 4.52. The number of pyridine rings is 1. The van der Waals surface area contributed by atoms with E-state index in [1.807, 2.05) is 12.1 Å². The van der Waals surface area contributed by atoms with Gasteiger partial charge in [-0.3, -0.25) is 9.78 Å². The van der Waals surface area contributed by atoms with Crippen molar-refractivity contribution in [2.24, 2.45) is 0 Å². The Labute approximate surface area is 94.4 Å². The van der Waals surface area contributed by atoms with E-state index in [2.05, 4.69) is 9.82 Å². The van der Waals surface area contributed by atoms with Gasteiger partial charge < -0.3 is 4.90 Å². The maximum Gasteiger partial charge on any atom is 0.240 e. The summed E-state index contributed by atoms with van der Waals surface area (Å²) < 4.78 is 0. The van der Waals surface area contributed by atoms with Gasteiger partial charge in [-0.05, 0) is 29.8 Å². The van der Waals surface area contributed by atoms with Gasteiger partial charge in [0.2, 0.25) is 5.91 Å². The van der Waals surface area contributed by atoms with Gasteiger partial charge in [-0.2, -0.15) is 0 Å². The molecule has 82 valence electrons. The Morgan fingerprint density at radius 3 is 2.87 bits per heavy atom. The monoisotopic (exact) mass is 227 g/mol. The Morgan fingerprint density at radius 2 is 2.40 bits per heavy atom. The molecule has 0 unspecified atom stereocenters. The Balaban J connectivity index is 2.66. The molecular weight excluding hydrogens is 214 g/mol. The number of likely N-dealkylation sites (N-methyl/N-ethyl adjacent to an activating group) is 1. The highest BCUT2D eigenvalue weighted by atomic mass is 35.5. The second kappa shape index (κ2) is 5.68. The highest BCUT2D eigenvalue weighted by Crippen LogP contribution is 2.03. The Morgan fingerprint density at radius 1 is 1.67 bits per heavy atom. The summed E-state index contributed by atoms with van der Waals surface area (Å²) in [5.41, 5.74) is 0.978. The third-order valence-corrected chi connectivity index (χ3v) is 2.30. The molecule has 0 bridgehead atoms. The molecule has 0 saturated carbocycles. The van der Waals surface area contributed by atoms with E-state index in [0.29, 0.717) is 6.42 Å². The van der Waals surface area contributed by atoms with Crippen molar-refractivity contribution in [2.45, 2.75) is 12.5 Å². The van der Waals surface area contributed by atoms with Crippen molar-refractivity contribution in [3.8, 4) is 0 Å². The van der Waals surface area contributed by atoms with Crippen LogP contribution in [0.2, 0.25) is 0 Å². The fourth-order valence-corrected chi connectivity index (χ4v) is 1.41. The molecule has 1 atom stereocenters. The number of hydrogen-bond donors (Lipinski definition) is 1. The molecule has 5 heteroatoms. The van der Waals surface area contributed by atoms with Crippen molar-refractivity contribution >= 4 is 17.7 Å². The SMILES string of the molecule is CN(C)C(=O)[C@H](Cc1cccnc1)NCl. The van der Waals surface area contributed by atoms with Crippen LogP contribution in [0.3, 0.4) is 0 Å². The molecule has 1 aromatic heterocycles. The van der Waals surface area contributed by atoms with E-state index in [1.165, 1.54) is 4.90 Å². The number of nitrogens with zero attached hydrogens (tertiary/aromatic N) is 2. The number of rotatable bonds is 4. The first-order valence-electron chi connectivity index (χ1n) is 4.61. The zero-order valence-corrected chi connectivity index (χ0v) is 9.53. The quantitative estimate of drug-likeness (QED) is 0.775. The molecule has 1 heterocycles. The third-order valence-electron chi connectivity index (χ3n) is 2.03. The van der Waals surface area contributed by atoms with Gasteiger partial charge >= 0.3 is 0 Å². The molecule has 1 N–H and O–H groups in total. The predicted octanol–water partition coefficient (Wildman–Crippen LogP) is 0.824. The van der Waals surface area contributed by atoms with Crippen molar-refractivity contribution in [1.29, 1.82) is 0 Å². The largest absolute Gasteiger partial charge is 0.347 e. The number of aromatic nitrogens is 1. The minimum Gasteiger partial charge on any atom is -0.347 e. The van der Waals surface area contributed by atoms with Crippen molar-refractivity contribution < 1.29 is 4.79 Å². The molecule has 1 amide bonds. The smallest absolute Gasteiger partial charge is 0.240 e. The van der Waals surface area contributed by atoms with E-state index in [-0.39, 0.29) is 5.91 Å². The first-order valence-corrected chi connectivity index (χ1v) is 4.99.